The van der Waals surface area contributed by atoms with Crippen molar-refractivity contribution in [3.63, 3.8) is 0 Å². The Hall–Kier alpha value is -0.610. The predicted molar refractivity (Wildman–Crippen MR) is 73.6 cm³/mol. The van der Waals surface area contributed by atoms with Crippen molar-refractivity contribution in [2.75, 3.05) is 32.7 Å². The van der Waals surface area contributed by atoms with Crippen molar-refractivity contribution in [1.29, 1.82) is 0 Å². The van der Waals surface area contributed by atoms with Crippen LogP contribution < -0.4 is 10.6 Å². The summed E-state index contributed by atoms with van der Waals surface area (Å²) in [5.41, 5.74) is 0.350. The van der Waals surface area contributed by atoms with Gasteiger partial charge in [0, 0.05) is 44.7 Å². The summed E-state index contributed by atoms with van der Waals surface area (Å²) in [5, 5.41) is 6.44. The van der Waals surface area contributed by atoms with Crippen LogP contribution >= 0.6 is 0 Å². The summed E-state index contributed by atoms with van der Waals surface area (Å²) in [4.78, 5) is 14.2. The smallest absolute Gasteiger partial charge is 0.221 e. The molecule has 4 heteroatoms. The van der Waals surface area contributed by atoms with Crippen molar-refractivity contribution < 1.29 is 4.79 Å². The lowest BCUT2D eigenvalue weighted by molar-refractivity contribution is -0.121. The first-order valence-electron chi connectivity index (χ1n) is 7.49. The Morgan fingerprint density at radius 1 is 1.33 bits per heavy atom. The molecule has 2 fully saturated rings. The van der Waals surface area contributed by atoms with Gasteiger partial charge in [-0.3, -0.25) is 9.69 Å². The minimum Gasteiger partial charge on any atom is -0.356 e. The van der Waals surface area contributed by atoms with Gasteiger partial charge in [-0.2, -0.15) is 0 Å². The fourth-order valence-electron chi connectivity index (χ4n) is 3.46. The molecule has 104 valence electrons. The molecule has 0 unspecified atom stereocenters. The number of carbonyl (C=O) groups excluding carboxylic acids is 1. The maximum absolute atomic E-state index is 11.6. The van der Waals surface area contributed by atoms with Crippen LogP contribution in [0.2, 0.25) is 0 Å². The Labute approximate surface area is 110 Å². The summed E-state index contributed by atoms with van der Waals surface area (Å²) in [6, 6.07) is 0. The first kappa shape index (κ1) is 13.8. The van der Waals surface area contributed by atoms with E-state index in [0.717, 1.165) is 32.7 Å². The third kappa shape index (κ3) is 3.23. The van der Waals surface area contributed by atoms with Crippen LogP contribution in [-0.2, 0) is 4.79 Å². The van der Waals surface area contributed by atoms with Gasteiger partial charge >= 0.3 is 0 Å². The van der Waals surface area contributed by atoms with Gasteiger partial charge in [-0.1, -0.05) is 19.3 Å². The van der Waals surface area contributed by atoms with E-state index in [2.05, 4.69) is 15.5 Å². The number of carbonyl (C=O) groups is 1. The standard InChI is InChI=1S/C14H27N3O/c1-2-16-13(18)6-10-17-11-9-15-12-14(17)7-4-3-5-8-14/h15H,2-12H2,1H3,(H,16,18). The summed E-state index contributed by atoms with van der Waals surface area (Å²) in [6.07, 6.45) is 7.32. The van der Waals surface area contributed by atoms with Crippen molar-refractivity contribution in [1.82, 2.24) is 15.5 Å². The average molecular weight is 253 g/mol. The first-order chi connectivity index (χ1) is 8.77. The maximum atomic E-state index is 11.6. The molecule has 1 saturated carbocycles. The second kappa shape index (κ2) is 6.53. The summed E-state index contributed by atoms with van der Waals surface area (Å²) in [6.45, 7) is 6.92. The van der Waals surface area contributed by atoms with E-state index in [4.69, 9.17) is 0 Å². The Morgan fingerprint density at radius 2 is 2.11 bits per heavy atom. The van der Waals surface area contributed by atoms with E-state index in [1.807, 2.05) is 6.92 Å². The van der Waals surface area contributed by atoms with Crippen LogP contribution in [0.15, 0.2) is 0 Å². The first-order valence-corrected chi connectivity index (χ1v) is 7.49. The van der Waals surface area contributed by atoms with Gasteiger partial charge in [-0.25, -0.2) is 0 Å². The Morgan fingerprint density at radius 3 is 2.83 bits per heavy atom. The highest BCUT2D eigenvalue weighted by atomic mass is 16.1. The predicted octanol–water partition coefficient (Wildman–Crippen LogP) is 1.12. The molecule has 1 aliphatic heterocycles. The van der Waals surface area contributed by atoms with E-state index in [9.17, 15) is 4.79 Å². The Bertz CT molecular complexity index is 266. The minimum atomic E-state index is 0.196. The molecule has 18 heavy (non-hydrogen) atoms. The monoisotopic (exact) mass is 253 g/mol. The topological polar surface area (TPSA) is 44.4 Å². The lowest BCUT2D eigenvalue weighted by Crippen LogP contribution is -2.62. The van der Waals surface area contributed by atoms with E-state index in [-0.39, 0.29) is 5.91 Å². The van der Waals surface area contributed by atoms with Crippen molar-refractivity contribution in [2.45, 2.75) is 51.0 Å². The molecule has 1 aliphatic carbocycles. The van der Waals surface area contributed by atoms with Gasteiger partial charge in [0.1, 0.15) is 0 Å². The van der Waals surface area contributed by atoms with Gasteiger partial charge < -0.3 is 10.6 Å². The third-order valence-corrected chi connectivity index (χ3v) is 4.45. The summed E-state index contributed by atoms with van der Waals surface area (Å²) < 4.78 is 0. The van der Waals surface area contributed by atoms with E-state index in [1.54, 1.807) is 0 Å². The molecule has 1 amide bonds. The number of hydrogen-bond acceptors (Lipinski definition) is 3. The van der Waals surface area contributed by atoms with Crippen LogP contribution in [-0.4, -0.2) is 49.1 Å². The lowest BCUT2D eigenvalue weighted by Gasteiger charge is -2.50. The van der Waals surface area contributed by atoms with Gasteiger partial charge in [0.05, 0.1) is 0 Å². The molecule has 0 aromatic carbocycles. The summed E-state index contributed by atoms with van der Waals surface area (Å²) in [7, 11) is 0. The molecule has 2 N–H and O–H groups in total. The van der Waals surface area contributed by atoms with Crippen molar-refractivity contribution in [3.05, 3.63) is 0 Å². The summed E-state index contributed by atoms with van der Waals surface area (Å²) >= 11 is 0. The Kier molecular flexibility index (Phi) is 5.01. The van der Waals surface area contributed by atoms with Crippen LogP contribution in [0.5, 0.6) is 0 Å². The molecule has 2 rings (SSSR count). The molecule has 2 aliphatic rings. The fraction of sp³-hybridized carbons (Fsp3) is 0.929. The number of piperazine rings is 1. The number of nitrogens with one attached hydrogen (secondary N) is 2. The normalized spacial score (nSPS) is 24.1. The third-order valence-electron chi connectivity index (χ3n) is 4.45. The average Bonchev–Trinajstić information content (AvgIpc) is 2.39. The van der Waals surface area contributed by atoms with Gasteiger partial charge in [-0.05, 0) is 19.8 Å². The molecule has 0 radical (unpaired) electrons. The molecule has 0 aromatic heterocycles. The zero-order valence-electron chi connectivity index (χ0n) is 11.6. The van der Waals surface area contributed by atoms with Gasteiger partial charge in [0.15, 0.2) is 0 Å². The van der Waals surface area contributed by atoms with Crippen LogP contribution in [0.1, 0.15) is 45.4 Å². The fourth-order valence-corrected chi connectivity index (χ4v) is 3.46. The number of amides is 1. The van der Waals surface area contributed by atoms with Gasteiger partial charge in [0.25, 0.3) is 0 Å². The second-order valence-electron chi connectivity index (χ2n) is 5.65. The molecule has 0 aromatic rings. The quantitative estimate of drug-likeness (QED) is 0.789. The molecule has 0 bridgehead atoms. The van der Waals surface area contributed by atoms with E-state index >= 15 is 0 Å². The molecule has 1 saturated heterocycles. The van der Waals surface area contributed by atoms with Crippen LogP contribution in [0.25, 0.3) is 0 Å². The zero-order chi connectivity index (χ0) is 12.8. The SMILES string of the molecule is CCNC(=O)CCN1CCNCC12CCCCC2. The number of hydrogen-bond donors (Lipinski definition) is 2. The molecule has 1 spiro atoms. The number of nitrogens with zero attached hydrogens (tertiary/aromatic N) is 1. The van der Waals surface area contributed by atoms with Crippen LogP contribution in [0.4, 0.5) is 0 Å². The van der Waals surface area contributed by atoms with Gasteiger partial charge in [-0.15, -0.1) is 0 Å². The highest BCUT2D eigenvalue weighted by molar-refractivity contribution is 5.75. The van der Waals surface area contributed by atoms with Crippen molar-refractivity contribution in [2.24, 2.45) is 0 Å². The zero-order valence-corrected chi connectivity index (χ0v) is 11.6. The van der Waals surface area contributed by atoms with Crippen LogP contribution in [0.3, 0.4) is 0 Å². The molecule has 4 nitrogen and oxygen atoms in total. The highest BCUT2D eigenvalue weighted by Crippen LogP contribution is 2.34. The van der Waals surface area contributed by atoms with E-state index in [0.29, 0.717) is 12.0 Å². The highest BCUT2D eigenvalue weighted by Gasteiger charge is 2.39. The van der Waals surface area contributed by atoms with Crippen molar-refractivity contribution in [3.8, 4) is 0 Å². The maximum Gasteiger partial charge on any atom is 0.221 e. The molecule has 0 atom stereocenters. The van der Waals surface area contributed by atoms with Gasteiger partial charge in [0.2, 0.25) is 5.91 Å². The molecular weight excluding hydrogens is 226 g/mol. The van der Waals surface area contributed by atoms with E-state index in [1.165, 1.54) is 32.1 Å². The lowest BCUT2D eigenvalue weighted by atomic mass is 9.79. The Balaban J connectivity index is 1.89. The largest absolute Gasteiger partial charge is 0.356 e. The molecule has 1 heterocycles. The summed E-state index contributed by atoms with van der Waals surface area (Å²) in [5.74, 6) is 0.196. The molecular formula is C14H27N3O. The van der Waals surface area contributed by atoms with Crippen molar-refractivity contribution >= 4 is 5.91 Å². The minimum absolute atomic E-state index is 0.196. The number of rotatable bonds is 4. The van der Waals surface area contributed by atoms with E-state index < -0.39 is 0 Å². The van der Waals surface area contributed by atoms with Crippen LogP contribution in [0, 0.1) is 0 Å². The second-order valence-corrected chi connectivity index (χ2v) is 5.65.